The van der Waals surface area contributed by atoms with Crippen LogP contribution in [0.3, 0.4) is 0 Å². The van der Waals surface area contributed by atoms with Crippen LogP contribution in [-0.2, 0) is 0 Å². The highest BCUT2D eigenvalue weighted by atomic mass is 15.2. The molecule has 19 heavy (non-hydrogen) atoms. The van der Waals surface area contributed by atoms with Crippen molar-refractivity contribution in [3.63, 3.8) is 0 Å². The molecule has 1 aliphatic carbocycles. The van der Waals surface area contributed by atoms with Crippen LogP contribution < -0.4 is 5.32 Å². The zero-order valence-corrected chi connectivity index (χ0v) is 14.5. The molecule has 1 rings (SSSR count). The van der Waals surface area contributed by atoms with Gasteiger partial charge in [-0.25, -0.2) is 0 Å². The highest BCUT2D eigenvalue weighted by Gasteiger charge is 2.40. The van der Waals surface area contributed by atoms with Crippen molar-refractivity contribution in [3.05, 3.63) is 0 Å². The largest absolute Gasteiger partial charge is 0.315 e. The van der Waals surface area contributed by atoms with Crippen molar-refractivity contribution in [2.75, 3.05) is 14.1 Å². The first-order chi connectivity index (χ1) is 8.63. The summed E-state index contributed by atoms with van der Waals surface area (Å²) in [5.74, 6) is 0.845. The van der Waals surface area contributed by atoms with Crippen molar-refractivity contribution in [3.8, 4) is 0 Å². The summed E-state index contributed by atoms with van der Waals surface area (Å²) >= 11 is 0. The Balaban J connectivity index is 2.86. The topological polar surface area (TPSA) is 15.3 Å². The predicted molar refractivity (Wildman–Crippen MR) is 85.6 cm³/mol. The van der Waals surface area contributed by atoms with E-state index in [9.17, 15) is 0 Å². The lowest BCUT2D eigenvalue weighted by atomic mass is 9.69. The van der Waals surface area contributed by atoms with Gasteiger partial charge in [0.1, 0.15) is 0 Å². The van der Waals surface area contributed by atoms with E-state index in [0.717, 1.165) is 5.92 Å². The summed E-state index contributed by atoms with van der Waals surface area (Å²) in [7, 11) is 4.45. The molecule has 2 heteroatoms. The van der Waals surface area contributed by atoms with Crippen molar-refractivity contribution in [1.82, 2.24) is 10.2 Å². The Labute approximate surface area is 121 Å². The van der Waals surface area contributed by atoms with E-state index < -0.39 is 0 Å². The fourth-order valence-electron chi connectivity index (χ4n) is 3.40. The van der Waals surface area contributed by atoms with E-state index >= 15 is 0 Å². The minimum absolute atomic E-state index is 0.291. The molecule has 1 fully saturated rings. The highest BCUT2D eigenvalue weighted by molar-refractivity contribution is 4.96. The fraction of sp³-hybridized carbons (Fsp3) is 1.00. The second-order valence-electron chi connectivity index (χ2n) is 8.12. The number of hydrogen-bond donors (Lipinski definition) is 1. The van der Waals surface area contributed by atoms with Gasteiger partial charge in [0.15, 0.2) is 0 Å². The van der Waals surface area contributed by atoms with E-state index in [1.807, 2.05) is 0 Å². The summed E-state index contributed by atoms with van der Waals surface area (Å²) in [6.07, 6.45) is 5.21. The molecule has 0 aromatic carbocycles. The van der Waals surface area contributed by atoms with Gasteiger partial charge in [0.05, 0.1) is 0 Å². The van der Waals surface area contributed by atoms with Crippen LogP contribution >= 0.6 is 0 Å². The van der Waals surface area contributed by atoms with Crippen LogP contribution in [0, 0.1) is 11.3 Å². The molecule has 3 unspecified atom stereocenters. The van der Waals surface area contributed by atoms with Crippen molar-refractivity contribution in [2.24, 2.45) is 11.3 Å². The summed E-state index contributed by atoms with van der Waals surface area (Å²) in [6, 6.07) is 1.31. The van der Waals surface area contributed by atoms with Gasteiger partial charge in [0, 0.05) is 17.6 Å². The Bertz CT molecular complexity index is 277. The van der Waals surface area contributed by atoms with E-state index in [-0.39, 0.29) is 0 Å². The van der Waals surface area contributed by atoms with Gasteiger partial charge in [0.25, 0.3) is 0 Å². The third kappa shape index (κ3) is 3.95. The number of likely N-dealkylation sites (N-methyl/N-ethyl adjacent to an activating group) is 2. The minimum atomic E-state index is 0.291. The van der Waals surface area contributed by atoms with Crippen molar-refractivity contribution < 1.29 is 0 Å². The molecular formula is C17H36N2. The summed E-state index contributed by atoms with van der Waals surface area (Å²) in [5.41, 5.74) is 0.730. The number of nitrogens with one attached hydrogen (secondary N) is 1. The smallest absolute Gasteiger partial charge is 0.0254 e. The van der Waals surface area contributed by atoms with Crippen LogP contribution in [0.4, 0.5) is 0 Å². The van der Waals surface area contributed by atoms with Crippen LogP contribution in [-0.4, -0.2) is 36.6 Å². The molecule has 0 aliphatic heterocycles. The zero-order valence-electron chi connectivity index (χ0n) is 14.5. The monoisotopic (exact) mass is 268 g/mol. The average Bonchev–Trinajstić information content (AvgIpc) is 2.35. The third-order valence-corrected chi connectivity index (χ3v) is 5.73. The molecule has 0 radical (unpaired) electrons. The Morgan fingerprint density at radius 1 is 1.11 bits per heavy atom. The Morgan fingerprint density at radius 2 is 1.68 bits per heavy atom. The molecule has 0 heterocycles. The summed E-state index contributed by atoms with van der Waals surface area (Å²) in [6.45, 7) is 14.3. The second-order valence-corrected chi connectivity index (χ2v) is 8.12. The van der Waals surface area contributed by atoms with Crippen LogP contribution in [0.2, 0.25) is 0 Å². The first-order valence-corrected chi connectivity index (χ1v) is 8.03. The molecular weight excluding hydrogens is 232 g/mol. The molecule has 0 saturated heterocycles. The number of rotatable bonds is 4. The minimum Gasteiger partial charge on any atom is -0.315 e. The molecule has 3 atom stereocenters. The lowest BCUT2D eigenvalue weighted by molar-refractivity contribution is 0.0188. The standard InChI is InChI=1S/C17H36N2/c1-9-17(5,6)19(8)15-12-13(16(2,3)4)10-11-14(15)18-7/h13-15,18H,9-12H2,1-8H3. The summed E-state index contributed by atoms with van der Waals surface area (Å²) in [4.78, 5) is 2.63. The average molecular weight is 268 g/mol. The molecule has 0 aromatic heterocycles. The third-order valence-electron chi connectivity index (χ3n) is 5.73. The van der Waals surface area contributed by atoms with Gasteiger partial charge in [0.2, 0.25) is 0 Å². The zero-order chi connectivity index (χ0) is 14.8. The van der Waals surface area contributed by atoms with Crippen LogP contribution in [0.15, 0.2) is 0 Å². The highest BCUT2D eigenvalue weighted by Crippen LogP contribution is 2.40. The van der Waals surface area contributed by atoms with Gasteiger partial charge in [-0.1, -0.05) is 27.7 Å². The maximum Gasteiger partial charge on any atom is 0.0254 e. The summed E-state index contributed by atoms with van der Waals surface area (Å²) < 4.78 is 0. The first-order valence-electron chi connectivity index (χ1n) is 8.03. The Morgan fingerprint density at radius 3 is 2.11 bits per heavy atom. The molecule has 1 saturated carbocycles. The van der Waals surface area contributed by atoms with Crippen molar-refractivity contribution in [1.29, 1.82) is 0 Å². The van der Waals surface area contributed by atoms with Gasteiger partial charge in [-0.15, -0.1) is 0 Å². The van der Waals surface area contributed by atoms with Gasteiger partial charge in [-0.2, -0.15) is 0 Å². The second kappa shape index (κ2) is 6.13. The molecule has 0 amide bonds. The molecule has 0 spiro atoms. The molecule has 0 bridgehead atoms. The van der Waals surface area contributed by atoms with Crippen molar-refractivity contribution >= 4 is 0 Å². The number of hydrogen-bond acceptors (Lipinski definition) is 2. The maximum atomic E-state index is 3.56. The van der Waals surface area contributed by atoms with Gasteiger partial charge >= 0.3 is 0 Å². The SMILES string of the molecule is CCC(C)(C)N(C)C1CC(C(C)(C)C)CCC1NC. The fourth-order valence-corrected chi connectivity index (χ4v) is 3.40. The normalized spacial score (nSPS) is 29.8. The lowest BCUT2D eigenvalue weighted by Crippen LogP contribution is -2.58. The van der Waals surface area contributed by atoms with E-state index in [1.165, 1.54) is 25.7 Å². The van der Waals surface area contributed by atoms with Crippen LogP contribution in [0.25, 0.3) is 0 Å². The quantitative estimate of drug-likeness (QED) is 0.831. The maximum absolute atomic E-state index is 3.56. The predicted octanol–water partition coefficient (Wildman–Crippen LogP) is 3.91. The van der Waals surface area contributed by atoms with Crippen LogP contribution in [0.1, 0.15) is 67.2 Å². The van der Waals surface area contributed by atoms with E-state index in [2.05, 4.69) is 65.9 Å². The van der Waals surface area contributed by atoms with Gasteiger partial charge < -0.3 is 5.32 Å². The van der Waals surface area contributed by atoms with Crippen molar-refractivity contribution in [2.45, 2.75) is 84.8 Å². The number of nitrogens with zero attached hydrogens (tertiary/aromatic N) is 1. The van der Waals surface area contributed by atoms with E-state index in [4.69, 9.17) is 0 Å². The van der Waals surface area contributed by atoms with Crippen LogP contribution in [0.5, 0.6) is 0 Å². The Kier molecular flexibility index (Phi) is 5.48. The molecule has 1 N–H and O–H groups in total. The van der Waals surface area contributed by atoms with Gasteiger partial charge in [-0.05, 0) is 65.0 Å². The van der Waals surface area contributed by atoms with Gasteiger partial charge in [-0.3, -0.25) is 4.90 Å². The van der Waals surface area contributed by atoms with E-state index in [1.54, 1.807) is 0 Å². The molecule has 1 aliphatic rings. The van der Waals surface area contributed by atoms with E-state index in [0.29, 0.717) is 23.0 Å². The molecule has 2 nitrogen and oxygen atoms in total. The lowest BCUT2D eigenvalue weighted by Gasteiger charge is -2.50. The molecule has 0 aromatic rings. The first kappa shape index (κ1) is 17.0. The Hall–Kier alpha value is -0.0800. The summed E-state index contributed by atoms with van der Waals surface area (Å²) in [5, 5.41) is 3.56. The molecule has 114 valence electrons.